The van der Waals surface area contributed by atoms with Crippen molar-refractivity contribution in [1.82, 2.24) is 4.90 Å². The van der Waals surface area contributed by atoms with Crippen LogP contribution in [0, 0.1) is 0 Å². The molecule has 2 aliphatic rings. The van der Waals surface area contributed by atoms with Crippen LogP contribution in [0.15, 0.2) is 22.8 Å². The van der Waals surface area contributed by atoms with E-state index in [0.717, 1.165) is 38.1 Å². The molecular formula is C15H21NO4. The smallest absolute Gasteiger partial charge is 0.230 e. The van der Waals surface area contributed by atoms with Gasteiger partial charge in [0, 0.05) is 26.6 Å². The average molecular weight is 279 g/mol. The number of amides is 1. The number of nitrogens with zero attached hydrogens (tertiary/aromatic N) is 1. The van der Waals surface area contributed by atoms with Crippen LogP contribution in [0.2, 0.25) is 0 Å². The fraction of sp³-hybridized carbons (Fsp3) is 0.667. The zero-order valence-corrected chi connectivity index (χ0v) is 11.8. The number of hydrogen-bond donors (Lipinski definition) is 0. The molecule has 3 heterocycles. The Kier molecular flexibility index (Phi) is 3.81. The first-order valence-corrected chi connectivity index (χ1v) is 7.18. The van der Waals surface area contributed by atoms with Crippen LogP contribution in [0.1, 0.15) is 25.0 Å². The van der Waals surface area contributed by atoms with Crippen LogP contribution in [0.25, 0.3) is 0 Å². The Morgan fingerprint density at radius 2 is 2.30 bits per heavy atom. The van der Waals surface area contributed by atoms with E-state index in [1.165, 1.54) is 0 Å². The van der Waals surface area contributed by atoms with Crippen LogP contribution < -0.4 is 0 Å². The maximum absolute atomic E-state index is 12.2. The second-order valence-electron chi connectivity index (χ2n) is 5.69. The van der Waals surface area contributed by atoms with E-state index in [1.54, 1.807) is 13.4 Å². The number of ether oxygens (including phenoxy) is 2. The van der Waals surface area contributed by atoms with Gasteiger partial charge in [0.05, 0.1) is 31.0 Å². The van der Waals surface area contributed by atoms with E-state index >= 15 is 0 Å². The molecule has 0 aliphatic carbocycles. The summed E-state index contributed by atoms with van der Waals surface area (Å²) >= 11 is 0. The van der Waals surface area contributed by atoms with Gasteiger partial charge in [-0.3, -0.25) is 4.79 Å². The summed E-state index contributed by atoms with van der Waals surface area (Å²) in [6.07, 6.45) is 4.91. The van der Waals surface area contributed by atoms with Crippen LogP contribution in [-0.4, -0.2) is 49.3 Å². The maximum atomic E-state index is 12.2. The number of piperidine rings is 1. The lowest BCUT2D eigenvalue weighted by molar-refractivity contribution is -0.135. The van der Waals surface area contributed by atoms with E-state index in [2.05, 4.69) is 0 Å². The van der Waals surface area contributed by atoms with Gasteiger partial charge in [-0.15, -0.1) is 0 Å². The van der Waals surface area contributed by atoms with E-state index in [1.807, 2.05) is 17.0 Å². The normalized spacial score (nSPS) is 25.2. The van der Waals surface area contributed by atoms with Crippen LogP contribution in [0.5, 0.6) is 0 Å². The standard InChI is InChI=1S/C15H21NO4/c1-18-13-10-15(20-11-13)4-6-16(7-5-15)14(17)9-12-3-2-8-19-12/h2-3,8,13H,4-7,9-11H2,1H3. The summed E-state index contributed by atoms with van der Waals surface area (Å²) in [5.41, 5.74) is -0.0673. The van der Waals surface area contributed by atoms with Gasteiger partial charge in [-0.05, 0) is 25.0 Å². The van der Waals surface area contributed by atoms with Gasteiger partial charge in [-0.1, -0.05) is 0 Å². The third-order valence-electron chi connectivity index (χ3n) is 4.44. The fourth-order valence-electron chi connectivity index (χ4n) is 3.14. The summed E-state index contributed by atoms with van der Waals surface area (Å²) in [4.78, 5) is 14.1. The molecule has 5 heteroatoms. The van der Waals surface area contributed by atoms with Gasteiger partial charge in [0.2, 0.25) is 5.91 Å². The molecule has 1 atom stereocenters. The van der Waals surface area contributed by atoms with Crippen molar-refractivity contribution in [2.24, 2.45) is 0 Å². The van der Waals surface area contributed by atoms with E-state index in [9.17, 15) is 4.79 Å². The minimum atomic E-state index is -0.0673. The lowest BCUT2D eigenvalue weighted by Gasteiger charge is -2.38. The first kappa shape index (κ1) is 13.6. The number of carbonyl (C=O) groups is 1. The summed E-state index contributed by atoms with van der Waals surface area (Å²) in [7, 11) is 1.73. The Labute approximate surface area is 118 Å². The second kappa shape index (κ2) is 5.58. The zero-order chi connectivity index (χ0) is 14.0. The molecule has 2 aliphatic heterocycles. The third-order valence-corrected chi connectivity index (χ3v) is 4.44. The molecule has 2 saturated heterocycles. The first-order valence-electron chi connectivity index (χ1n) is 7.18. The lowest BCUT2D eigenvalue weighted by atomic mass is 9.88. The quantitative estimate of drug-likeness (QED) is 0.843. The average Bonchev–Trinajstić information content (AvgIpc) is 3.10. The second-order valence-corrected chi connectivity index (χ2v) is 5.69. The Morgan fingerprint density at radius 3 is 2.90 bits per heavy atom. The summed E-state index contributed by atoms with van der Waals surface area (Å²) in [5.74, 6) is 0.864. The van der Waals surface area contributed by atoms with Crippen molar-refractivity contribution in [3.05, 3.63) is 24.2 Å². The molecule has 3 rings (SSSR count). The summed E-state index contributed by atoms with van der Waals surface area (Å²) in [6, 6.07) is 3.65. The highest BCUT2D eigenvalue weighted by molar-refractivity contribution is 5.78. The molecule has 5 nitrogen and oxygen atoms in total. The molecular weight excluding hydrogens is 258 g/mol. The highest BCUT2D eigenvalue weighted by Crippen LogP contribution is 2.36. The van der Waals surface area contributed by atoms with Gasteiger partial charge in [0.1, 0.15) is 5.76 Å². The first-order chi connectivity index (χ1) is 9.71. The van der Waals surface area contributed by atoms with Gasteiger partial charge < -0.3 is 18.8 Å². The van der Waals surface area contributed by atoms with Crippen molar-refractivity contribution < 1.29 is 18.7 Å². The lowest BCUT2D eigenvalue weighted by Crippen LogP contribution is -2.47. The largest absolute Gasteiger partial charge is 0.469 e. The molecule has 1 spiro atoms. The summed E-state index contributed by atoms with van der Waals surface area (Å²) < 4.78 is 16.5. The molecule has 0 aromatic carbocycles. The van der Waals surface area contributed by atoms with Crippen molar-refractivity contribution in [3.8, 4) is 0 Å². The number of likely N-dealkylation sites (tertiary alicyclic amines) is 1. The summed E-state index contributed by atoms with van der Waals surface area (Å²) in [6.45, 7) is 2.20. The molecule has 110 valence electrons. The maximum Gasteiger partial charge on any atom is 0.230 e. The van der Waals surface area contributed by atoms with Gasteiger partial charge in [-0.25, -0.2) is 0 Å². The minimum absolute atomic E-state index is 0.0673. The SMILES string of the molecule is COC1COC2(CCN(C(=O)Cc3ccco3)CC2)C1. The van der Waals surface area contributed by atoms with Gasteiger partial charge in [-0.2, -0.15) is 0 Å². The molecule has 1 aromatic rings. The van der Waals surface area contributed by atoms with E-state index in [4.69, 9.17) is 13.9 Å². The van der Waals surface area contributed by atoms with Crippen molar-refractivity contribution in [2.75, 3.05) is 26.8 Å². The minimum Gasteiger partial charge on any atom is -0.469 e. The molecule has 0 N–H and O–H groups in total. The Balaban J connectivity index is 1.52. The van der Waals surface area contributed by atoms with Crippen molar-refractivity contribution in [3.63, 3.8) is 0 Å². The summed E-state index contributed by atoms with van der Waals surface area (Å²) in [5, 5.41) is 0. The molecule has 2 fully saturated rings. The van der Waals surface area contributed by atoms with E-state index in [-0.39, 0.29) is 17.6 Å². The molecule has 0 radical (unpaired) electrons. The molecule has 0 bridgehead atoms. The van der Waals surface area contributed by atoms with Crippen LogP contribution >= 0.6 is 0 Å². The topological polar surface area (TPSA) is 51.9 Å². The molecule has 1 aromatic heterocycles. The predicted molar refractivity (Wildman–Crippen MR) is 72.3 cm³/mol. The van der Waals surface area contributed by atoms with Crippen LogP contribution in [0.4, 0.5) is 0 Å². The Morgan fingerprint density at radius 1 is 1.50 bits per heavy atom. The zero-order valence-electron chi connectivity index (χ0n) is 11.8. The number of rotatable bonds is 3. The molecule has 1 amide bonds. The highest BCUT2D eigenvalue weighted by Gasteiger charge is 2.43. The van der Waals surface area contributed by atoms with E-state index in [0.29, 0.717) is 13.0 Å². The fourth-order valence-corrected chi connectivity index (χ4v) is 3.14. The van der Waals surface area contributed by atoms with Crippen molar-refractivity contribution in [1.29, 1.82) is 0 Å². The monoisotopic (exact) mass is 279 g/mol. The highest BCUT2D eigenvalue weighted by atomic mass is 16.6. The van der Waals surface area contributed by atoms with Crippen LogP contribution in [0.3, 0.4) is 0 Å². The number of hydrogen-bond acceptors (Lipinski definition) is 4. The van der Waals surface area contributed by atoms with Gasteiger partial charge in [0.25, 0.3) is 0 Å². The van der Waals surface area contributed by atoms with Gasteiger partial charge in [0.15, 0.2) is 0 Å². The number of methoxy groups -OCH3 is 1. The van der Waals surface area contributed by atoms with Gasteiger partial charge >= 0.3 is 0 Å². The van der Waals surface area contributed by atoms with E-state index < -0.39 is 0 Å². The molecule has 1 unspecified atom stereocenters. The molecule has 20 heavy (non-hydrogen) atoms. The Bertz CT molecular complexity index is 448. The Hall–Kier alpha value is -1.33. The van der Waals surface area contributed by atoms with Crippen molar-refractivity contribution in [2.45, 2.75) is 37.4 Å². The van der Waals surface area contributed by atoms with Crippen LogP contribution in [-0.2, 0) is 20.7 Å². The van der Waals surface area contributed by atoms with Crippen molar-refractivity contribution >= 4 is 5.91 Å². The third kappa shape index (κ3) is 2.74. The molecule has 0 saturated carbocycles. The number of carbonyl (C=O) groups excluding carboxylic acids is 1. The predicted octanol–water partition coefficient (Wildman–Crippen LogP) is 1.62. The number of furan rings is 1.